The normalized spacial score (nSPS) is 17.5. The van der Waals surface area contributed by atoms with Gasteiger partial charge in [0.2, 0.25) is 5.91 Å². The van der Waals surface area contributed by atoms with E-state index in [4.69, 9.17) is 10.5 Å². The van der Waals surface area contributed by atoms with E-state index in [0.29, 0.717) is 6.61 Å². The number of carbonyl (C=O) groups is 1. The van der Waals surface area contributed by atoms with E-state index >= 15 is 0 Å². The number of hydrogen-bond acceptors (Lipinski definition) is 3. The molecule has 23 heavy (non-hydrogen) atoms. The Hall–Kier alpha value is -2.33. The fourth-order valence-corrected chi connectivity index (χ4v) is 2.90. The second-order valence-corrected chi connectivity index (χ2v) is 5.94. The van der Waals surface area contributed by atoms with E-state index in [-0.39, 0.29) is 17.9 Å². The Morgan fingerprint density at radius 3 is 2.70 bits per heavy atom. The fraction of sp³-hybridized carbons (Fsp3) is 0.316. The van der Waals surface area contributed by atoms with Gasteiger partial charge in [-0.05, 0) is 42.2 Å². The quantitative estimate of drug-likeness (QED) is 0.890. The largest absolute Gasteiger partial charge is 0.492 e. The van der Waals surface area contributed by atoms with E-state index in [1.165, 1.54) is 5.56 Å². The first-order valence-electron chi connectivity index (χ1n) is 8.01. The Morgan fingerprint density at radius 2 is 2.00 bits per heavy atom. The molecule has 4 heteroatoms. The number of anilines is 1. The molecule has 0 bridgehead atoms. The third kappa shape index (κ3) is 3.08. The SMILES string of the molecule is CCc1cc(C(N)COc2ccccc2)c2c(c1)C(C)C(=O)N2. The summed E-state index contributed by atoms with van der Waals surface area (Å²) in [5.41, 5.74) is 10.4. The standard InChI is InChI=1S/C19H22N2O2/c1-3-13-9-15-12(2)19(22)21-18(15)16(10-13)17(20)11-23-14-7-5-4-6-8-14/h4-10,12,17H,3,11,20H2,1-2H3,(H,21,22). The van der Waals surface area contributed by atoms with Crippen LogP contribution < -0.4 is 15.8 Å². The number of amides is 1. The van der Waals surface area contributed by atoms with Crippen molar-refractivity contribution in [2.24, 2.45) is 5.73 Å². The molecule has 0 radical (unpaired) electrons. The van der Waals surface area contributed by atoms with Crippen LogP contribution in [0.25, 0.3) is 0 Å². The fourth-order valence-electron chi connectivity index (χ4n) is 2.90. The van der Waals surface area contributed by atoms with Crippen molar-refractivity contribution in [3.05, 3.63) is 59.2 Å². The molecule has 2 unspecified atom stereocenters. The monoisotopic (exact) mass is 310 g/mol. The lowest BCUT2D eigenvalue weighted by molar-refractivity contribution is -0.116. The number of aryl methyl sites for hydroxylation is 1. The molecule has 2 aromatic carbocycles. The number of ether oxygens (including phenoxy) is 1. The van der Waals surface area contributed by atoms with Gasteiger partial charge in [-0.2, -0.15) is 0 Å². The van der Waals surface area contributed by atoms with E-state index in [2.05, 4.69) is 24.4 Å². The lowest BCUT2D eigenvalue weighted by Gasteiger charge is -2.18. The Kier molecular flexibility index (Phi) is 4.35. The molecule has 0 saturated carbocycles. The summed E-state index contributed by atoms with van der Waals surface area (Å²) in [6.07, 6.45) is 0.910. The van der Waals surface area contributed by atoms with Crippen LogP contribution in [0.3, 0.4) is 0 Å². The van der Waals surface area contributed by atoms with Crippen LogP contribution in [-0.2, 0) is 11.2 Å². The smallest absolute Gasteiger partial charge is 0.231 e. The van der Waals surface area contributed by atoms with Gasteiger partial charge < -0.3 is 15.8 Å². The number of fused-ring (bicyclic) bond motifs is 1. The van der Waals surface area contributed by atoms with Gasteiger partial charge in [0.1, 0.15) is 12.4 Å². The first-order valence-corrected chi connectivity index (χ1v) is 8.01. The molecule has 1 heterocycles. The second kappa shape index (κ2) is 6.42. The zero-order valence-corrected chi connectivity index (χ0v) is 13.5. The van der Waals surface area contributed by atoms with E-state index in [9.17, 15) is 4.79 Å². The van der Waals surface area contributed by atoms with Crippen LogP contribution in [-0.4, -0.2) is 12.5 Å². The molecule has 0 aromatic heterocycles. The van der Waals surface area contributed by atoms with Crippen molar-refractivity contribution >= 4 is 11.6 Å². The minimum Gasteiger partial charge on any atom is -0.492 e. The van der Waals surface area contributed by atoms with Gasteiger partial charge in [-0.1, -0.05) is 37.3 Å². The molecule has 3 rings (SSSR count). The van der Waals surface area contributed by atoms with Crippen LogP contribution in [0.15, 0.2) is 42.5 Å². The maximum absolute atomic E-state index is 12.0. The summed E-state index contributed by atoms with van der Waals surface area (Å²) in [6, 6.07) is 13.5. The molecule has 1 amide bonds. The van der Waals surface area contributed by atoms with Gasteiger partial charge in [-0.25, -0.2) is 0 Å². The first-order chi connectivity index (χ1) is 11.1. The Labute approximate surface area is 136 Å². The Bertz CT molecular complexity index is 713. The summed E-state index contributed by atoms with van der Waals surface area (Å²) in [5, 5.41) is 2.97. The summed E-state index contributed by atoms with van der Waals surface area (Å²) in [5.74, 6) is 0.701. The van der Waals surface area contributed by atoms with Crippen LogP contribution >= 0.6 is 0 Å². The van der Waals surface area contributed by atoms with E-state index in [0.717, 1.165) is 29.0 Å². The molecule has 2 aromatic rings. The van der Waals surface area contributed by atoms with Crippen molar-refractivity contribution in [3.8, 4) is 5.75 Å². The molecular weight excluding hydrogens is 288 g/mol. The van der Waals surface area contributed by atoms with Crippen molar-refractivity contribution in [2.75, 3.05) is 11.9 Å². The zero-order chi connectivity index (χ0) is 16.4. The number of hydrogen-bond donors (Lipinski definition) is 2. The second-order valence-electron chi connectivity index (χ2n) is 5.94. The average molecular weight is 310 g/mol. The maximum Gasteiger partial charge on any atom is 0.231 e. The molecule has 2 atom stereocenters. The minimum atomic E-state index is -0.291. The summed E-state index contributed by atoms with van der Waals surface area (Å²) in [6.45, 7) is 4.40. The van der Waals surface area contributed by atoms with Crippen molar-refractivity contribution in [1.29, 1.82) is 0 Å². The van der Waals surface area contributed by atoms with Gasteiger partial charge >= 0.3 is 0 Å². The van der Waals surface area contributed by atoms with E-state index in [1.807, 2.05) is 37.3 Å². The van der Waals surface area contributed by atoms with E-state index in [1.54, 1.807) is 0 Å². The molecule has 4 nitrogen and oxygen atoms in total. The van der Waals surface area contributed by atoms with Crippen molar-refractivity contribution in [1.82, 2.24) is 0 Å². The number of carbonyl (C=O) groups excluding carboxylic acids is 1. The lowest BCUT2D eigenvalue weighted by Crippen LogP contribution is -2.20. The first kappa shape index (κ1) is 15.6. The molecule has 0 spiro atoms. The summed E-state index contributed by atoms with van der Waals surface area (Å²) >= 11 is 0. The highest BCUT2D eigenvalue weighted by molar-refractivity contribution is 6.03. The van der Waals surface area contributed by atoms with Crippen LogP contribution in [0.1, 0.15) is 42.5 Å². The van der Waals surface area contributed by atoms with Crippen LogP contribution in [0.5, 0.6) is 5.75 Å². The lowest BCUT2D eigenvalue weighted by atomic mass is 9.93. The Morgan fingerprint density at radius 1 is 1.26 bits per heavy atom. The molecule has 120 valence electrons. The average Bonchev–Trinajstić information content (AvgIpc) is 2.87. The van der Waals surface area contributed by atoms with Crippen molar-refractivity contribution in [2.45, 2.75) is 32.2 Å². The summed E-state index contributed by atoms with van der Waals surface area (Å²) in [7, 11) is 0. The third-order valence-corrected chi connectivity index (χ3v) is 4.35. The van der Waals surface area contributed by atoms with Crippen molar-refractivity contribution < 1.29 is 9.53 Å². The number of nitrogens with one attached hydrogen (secondary N) is 1. The van der Waals surface area contributed by atoms with Gasteiger partial charge in [-0.15, -0.1) is 0 Å². The number of benzene rings is 2. The number of rotatable bonds is 5. The van der Waals surface area contributed by atoms with Crippen LogP contribution in [0, 0.1) is 0 Å². The van der Waals surface area contributed by atoms with Crippen LogP contribution in [0.4, 0.5) is 5.69 Å². The highest BCUT2D eigenvalue weighted by Gasteiger charge is 2.30. The highest BCUT2D eigenvalue weighted by Crippen LogP contribution is 2.38. The van der Waals surface area contributed by atoms with E-state index < -0.39 is 0 Å². The molecule has 0 saturated heterocycles. The Balaban J connectivity index is 1.85. The van der Waals surface area contributed by atoms with Crippen LogP contribution in [0.2, 0.25) is 0 Å². The minimum absolute atomic E-state index is 0.0330. The van der Waals surface area contributed by atoms with Gasteiger partial charge in [0.05, 0.1) is 12.0 Å². The van der Waals surface area contributed by atoms with Gasteiger partial charge in [0, 0.05) is 5.69 Å². The van der Waals surface area contributed by atoms with Gasteiger partial charge in [-0.3, -0.25) is 4.79 Å². The van der Waals surface area contributed by atoms with Crippen molar-refractivity contribution in [3.63, 3.8) is 0 Å². The molecule has 1 aliphatic heterocycles. The van der Waals surface area contributed by atoms with Gasteiger partial charge in [0.15, 0.2) is 0 Å². The third-order valence-electron chi connectivity index (χ3n) is 4.35. The molecule has 0 aliphatic carbocycles. The topological polar surface area (TPSA) is 64.3 Å². The number of para-hydroxylation sites is 1. The summed E-state index contributed by atoms with van der Waals surface area (Å²) in [4.78, 5) is 12.0. The van der Waals surface area contributed by atoms with Gasteiger partial charge in [0.25, 0.3) is 0 Å². The zero-order valence-electron chi connectivity index (χ0n) is 13.5. The highest BCUT2D eigenvalue weighted by atomic mass is 16.5. The maximum atomic E-state index is 12.0. The molecular formula is C19H22N2O2. The predicted octanol–water partition coefficient (Wildman–Crippen LogP) is 3.38. The number of nitrogens with two attached hydrogens (primary N) is 1. The summed E-state index contributed by atoms with van der Waals surface area (Å²) < 4.78 is 5.77. The predicted molar refractivity (Wildman–Crippen MR) is 91.7 cm³/mol. The molecule has 3 N–H and O–H groups in total. The molecule has 1 aliphatic rings. The molecule has 0 fully saturated rings.